The Balaban J connectivity index is 2.27. The first kappa shape index (κ1) is 22.3. The summed E-state index contributed by atoms with van der Waals surface area (Å²) in [5.41, 5.74) is 0.0431. The van der Waals surface area contributed by atoms with Crippen LogP contribution in [-0.4, -0.2) is 33.8 Å². The number of hydrogen-bond donors (Lipinski definition) is 2. The number of amides is 1. The third kappa shape index (κ3) is 6.28. The predicted molar refractivity (Wildman–Crippen MR) is 99.5 cm³/mol. The average Bonchev–Trinajstić information content (AvgIpc) is 2.60. The summed E-state index contributed by atoms with van der Waals surface area (Å²) < 4.78 is 72.9. The summed E-state index contributed by atoms with van der Waals surface area (Å²) in [6.45, 7) is 3.50. The third-order valence-corrected chi connectivity index (χ3v) is 4.86. The van der Waals surface area contributed by atoms with Crippen molar-refractivity contribution in [2.75, 3.05) is 11.8 Å². The van der Waals surface area contributed by atoms with Crippen LogP contribution in [0.5, 0.6) is 11.5 Å². The number of rotatable bonds is 7. The first-order chi connectivity index (χ1) is 13.4. The van der Waals surface area contributed by atoms with Gasteiger partial charge in [-0.3, -0.25) is 9.52 Å². The van der Waals surface area contributed by atoms with E-state index in [1.54, 1.807) is 13.8 Å². The van der Waals surface area contributed by atoms with E-state index in [-0.39, 0.29) is 27.9 Å². The standard InChI is InChI=1S/C18H19F3N2O5S/c1-11(2)22-17(24)15-10-14(8-9-16(15)27-3)29(25,26)23-12-4-6-13(7-5-12)28-18(19,20)21/h4-11,23H,1-3H3,(H,22,24). The zero-order chi connectivity index (χ0) is 21.8. The van der Waals surface area contributed by atoms with Crippen LogP contribution in [0.25, 0.3) is 0 Å². The molecule has 0 unspecified atom stereocenters. The molecule has 0 aliphatic carbocycles. The van der Waals surface area contributed by atoms with Gasteiger partial charge in [0.1, 0.15) is 11.5 Å². The van der Waals surface area contributed by atoms with Crippen LogP contribution in [0.15, 0.2) is 47.4 Å². The lowest BCUT2D eigenvalue weighted by atomic mass is 10.2. The van der Waals surface area contributed by atoms with Crippen LogP contribution >= 0.6 is 0 Å². The summed E-state index contributed by atoms with van der Waals surface area (Å²) in [7, 11) is -2.77. The largest absolute Gasteiger partial charge is 0.573 e. The van der Waals surface area contributed by atoms with E-state index in [1.165, 1.54) is 19.2 Å². The fourth-order valence-electron chi connectivity index (χ4n) is 2.31. The Hall–Kier alpha value is -2.95. The van der Waals surface area contributed by atoms with Gasteiger partial charge in [0, 0.05) is 11.7 Å². The Morgan fingerprint density at radius 2 is 1.69 bits per heavy atom. The van der Waals surface area contributed by atoms with Gasteiger partial charge in [-0.1, -0.05) is 0 Å². The number of carbonyl (C=O) groups excluding carboxylic acids is 1. The van der Waals surface area contributed by atoms with Crippen molar-refractivity contribution in [1.82, 2.24) is 5.32 Å². The number of anilines is 1. The molecule has 0 fully saturated rings. The normalized spacial score (nSPS) is 11.8. The highest BCUT2D eigenvalue weighted by Crippen LogP contribution is 2.27. The van der Waals surface area contributed by atoms with Crippen molar-refractivity contribution in [3.05, 3.63) is 48.0 Å². The molecule has 0 radical (unpaired) electrons. The molecule has 2 N–H and O–H groups in total. The number of alkyl halides is 3. The van der Waals surface area contributed by atoms with Crippen molar-refractivity contribution in [3.8, 4) is 11.5 Å². The Kier molecular flexibility index (Phi) is 6.62. The van der Waals surface area contributed by atoms with E-state index in [0.717, 1.165) is 30.3 Å². The summed E-state index contributed by atoms with van der Waals surface area (Å²) in [6, 6.07) is 7.74. The molecule has 0 saturated carbocycles. The molecule has 7 nitrogen and oxygen atoms in total. The monoisotopic (exact) mass is 432 g/mol. The lowest BCUT2D eigenvalue weighted by molar-refractivity contribution is -0.274. The summed E-state index contributed by atoms with van der Waals surface area (Å²) in [6.07, 6.45) is -4.85. The highest BCUT2D eigenvalue weighted by atomic mass is 32.2. The Morgan fingerprint density at radius 3 is 2.21 bits per heavy atom. The van der Waals surface area contributed by atoms with Crippen LogP contribution in [0, 0.1) is 0 Å². The first-order valence-electron chi connectivity index (χ1n) is 8.29. The Bertz CT molecular complexity index is 974. The molecule has 29 heavy (non-hydrogen) atoms. The second-order valence-electron chi connectivity index (χ2n) is 6.17. The molecule has 158 valence electrons. The number of hydrogen-bond acceptors (Lipinski definition) is 5. The second-order valence-corrected chi connectivity index (χ2v) is 7.85. The van der Waals surface area contributed by atoms with Gasteiger partial charge >= 0.3 is 6.36 Å². The van der Waals surface area contributed by atoms with E-state index in [2.05, 4.69) is 14.8 Å². The molecule has 0 aliphatic rings. The number of ether oxygens (including phenoxy) is 2. The van der Waals surface area contributed by atoms with Crippen LogP contribution in [0.3, 0.4) is 0 Å². The van der Waals surface area contributed by atoms with Crippen molar-refractivity contribution in [1.29, 1.82) is 0 Å². The minimum absolute atomic E-state index is 0.0172. The summed E-state index contributed by atoms with van der Waals surface area (Å²) in [5.74, 6) is -0.809. The van der Waals surface area contributed by atoms with Gasteiger partial charge in [-0.15, -0.1) is 13.2 Å². The number of nitrogens with one attached hydrogen (secondary N) is 2. The van der Waals surface area contributed by atoms with E-state index < -0.39 is 28.0 Å². The molecule has 0 heterocycles. The van der Waals surface area contributed by atoms with Crippen LogP contribution in [0.2, 0.25) is 0 Å². The van der Waals surface area contributed by atoms with Crippen LogP contribution in [0.1, 0.15) is 24.2 Å². The van der Waals surface area contributed by atoms with Crippen LogP contribution in [0.4, 0.5) is 18.9 Å². The zero-order valence-electron chi connectivity index (χ0n) is 15.7. The van der Waals surface area contributed by atoms with Gasteiger partial charge in [0.05, 0.1) is 17.6 Å². The SMILES string of the molecule is COc1ccc(S(=O)(=O)Nc2ccc(OC(F)(F)F)cc2)cc1C(=O)NC(C)C. The zero-order valence-corrected chi connectivity index (χ0v) is 16.5. The molecular weight excluding hydrogens is 413 g/mol. The predicted octanol–water partition coefficient (Wildman–Crippen LogP) is 3.53. The number of halogens is 3. The second kappa shape index (κ2) is 8.60. The van der Waals surface area contributed by atoms with Gasteiger partial charge < -0.3 is 14.8 Å². The molecule has 2 aromatic rings. The van der Waals surface area contributed by atoms with Crippen molar-refractivity contribution in [3.63, 3.8) is 0 Å². The smallest absolute Gasteiger partial charge is 0.496 e. The number of methoxy groups -OCH3 is 1. The van der Waals surface area contributed by atoms with Crippen molar-refractivity contribution >= 4 is 21.6 Å². The van der Waals surface area contributed by atoms with Gasteiger partial charge in [-0.2, -0.15) is 0 Å². The maximum atomic E-state index is 12.6. The maximum Gasteiger partial charge on any atom is 0.573 e. The fraction of sp³-hybridized carbons (Fsp3) is 0.278. The molecule has 11 heteroatoms. The average molecular weight is 432 g/mol. The summed E-state index contributed by atoms with van der Waals surface area (Å²) >= 11 is 0. The highest BCUT2D eigenvalue weighted by molar-refractivity contribution is 7.92. The van der Waals surface area contributed by atoms with Gasteiger partial charge in [0.2, 0.25) is 0 Å². The van der Waals surface area contributed by atoms with Gasteiger partial charge in [-0.25, -0.2) is 8.42 Å². The van der Waals surface area contributed by atoms with Gasteiger partial charge in [-0.05, 0) is 56.3 Å². The Labute approximate surface area is 165 Å². The molecule has 0 spiro atoms. The molecule has 2 rings (SSSR count). The van der Waals surface area contributed by atoms with Gasteiger partial charge in [0.15, 0.2) is 0 Å². The summed E-state index contributed by atoms with van der Waals surface area (Å²) in [5, 5.41) is 2.65. The van der Waals surface area contributed by atoms with Crippen molar-refractivity contribution in [2.24, 2.45) is 0 Å². The third-order valence-electron chi connectivity index (χ3n) is 3.49. The quantitative estimate of drug-likeness (QED) is 0.698. The topological polar surface area (TPSA) is 93.7 Å². The lowest BCUT2D eigenvalue weighted by Crippen LogP contribution is -2.30. The molecule has 0 saturated heterocycles. The Morgan fingerprint density at radius 1 is 1.07 bits per heavy atom. The maximum absolute atomic E-state index is 12.6. The van der Waals surface area contributed by atoms with E-state index in [1.807, 2.05) is 0 Å². The first-order valence-corrected chi connectivity index (χ1v) is 9.77. The molecule has 0 atom stereocenters. The van der Waals surface area contributed by atoms with Crippen molar-refractivity contribution < 1.29 is 35.9 Å². The molecule has 0 bridgehead atoms. The number of sulfonamides is 1. The molecule has 1 amide bonds. The lowest BCUT2D eigenvalue weighted by Gasteiger charge is -2.14. The summed E-state index contributed by atoms with van der Waals surface area (Å²) in [4.78, 5) is 12.1. The van der Waals surface area contributed by atoms with Crippen molar-refractivity contribution in [2.45, 2.75) is 31.1 Å². The minimum Gasteiger partial charge on any atom is -0.496 e. The molecular formula is C18H19F3N2O5S. The molecule has 2 aromatic carbocycles. The van der Waals surface area contributed by atoms with Gasteiger partial charge in [0.25, 0.3) is 15.9 Å². The number of carbonyl (C=O) groups is 1. The van der Waals surface area contributed by atoms with E-state index in [0.29, 0.717) is 0 Å². The van der Waals surface area contributed by atoms with Crippen LogP contribution < -0.4 is 19.5 Å². The number of benzene rings is 2. The van der Waals surface area contributed by atoms with E-state index in [9.17, 15) is 26.4 Å². The molecule has 0 aliphatic heterocycles. The molecule has 0 aromatic heterocycles. The highest BCUT2D eigenvalue weighted by Gasteiger charge is 2.31. The van der Waals surface area contributed by atoms with Crippen LogP contribution in [-0.2, 0) is 10.0 Å². The van der Waals surface area contributed by atoms with E-state index in [4.69, 9.17) is 4.74 Å². The fourth-order valence-corrected chi connectivity index (χ4v) is 3.39. The van der Waals surface area contributed by atoms with E-state index >= 15 is 0 Å². The minimum atomic E-state index is -4.85.